The summed E-state index contributed by atoms with van der Waals surface area (Å²) in [6, 6.07) is 0. The summed E-state index contributed by atoms with van der Waals surface area (Å²) in [5, 5.41) is 9.30. The zero-order chi connectivity index (χ0) is 14.4. The van der Waals surface area contributed by atoms with Gasteiger partial charge in [0.2, 0.25) is 15.9 Å². The van der Waals surface area contributed by atoms with Gasteiger partial charge in [-0.1, -0.05) is 0 Å². The molecule has 7 nitrogen and oxygen atoms in total. The van der Waals surface area contributed by atoms with Crippen molar-refractivity contribution in [2.24, 2.45) is 18.1 Å². The molecule has 1 aliphatic heterocycles. The van der Waals surface area contributed by atoms with Gasteiger partial charge >= 0.3 is 0 Å². The van der Waals surface area contributed by atoms with Crippen LogP contribution in [0.2, 0.25) is 0 Å². The summed E-state index contributed by atoms with van der Waals surface area (Å²) in [4.78, 5) is 13.7. The monoisotopic (exact) mass is 286 g/mol. The molecule has 2 N–H and O–H groups in total. The van der Waals surface area contributed by atoms with Crippen molar-refractivity contribution in [3.8, 4) is 0 Å². The first-order chi connectivity index (χ1) is 8.69. The van der Waals surface area contributed by atoms with E-state index in [1.54, 1.807) is 9.58 Å². The maximum absolute atomic E-state index is 12.0. The van der Waals surface area contributed by atoms with Gasteiger partial charge in [-0.2, -0.15) is 5.10 Å². The summed E-state index contributed by atoms with van der Waals surface area (Å²) in [5.41, 5.74) is 2.44. The Kier molecular flexibility index (Phi) is 3.40. The number of carbonyl (C=O) groups is 1. The van der Waals surface area contributed by atoms with Crippen LogP contribution in [0.15, 0.2) is 0 Å². The number of anilines is 1. The van der Waals surface area contributed by atoms with Gasteiger partial charge in [-0.25, -0.2) is 13.6 Å². The SMILES string of the molecule is Cc1nn(C)c(C)c1N1CC(CS(N)(=O)=O)CC1=O. The minimum absolute atomic E-state index is 0.0761. The third-order valence-electron chi connectivity index (χ3n) is 3.41. The molecule has 2 heterocycles. The first kappa shape index (κ1) is 14.0. The van der Waals surface area contributed by atoms with Gasteiger partial charge in [-0.05, 0) is 13.8 Å². The van der Waals surface area contributed by atoms with E-state index in [-0.39, 0.29) is 24.0 Å². The highest BCUT2D eigenvalue weighted by molar-refractivity contribution is 7.89. The minimum Gasteiger partial charge on any atom is -0.309 e. The molecule has 1 aliphatic rings. The van der Waals surface area contributed by atoms with E-state index in [1.165, 1.54) is 0 Å². The Morgan fingerprint density at radius 3 is 2.53 bits per heavy atom. The molecule has 1 unspecified atom stereocenters. The zero-order valence-corrected chi connectivity index (χ0v) is 12.1. The van der Waals surface area contributed by atoms with Gasteiger partial charge in [0.1, 0.15) is 0 Å². The maximum atomic E-state index is 12.0. The van der Waals surface area contributed by atoms with Crippen LogP contribution in [-0.2, 0) is 21.9 Å². The molecule has 1 aromatic heterocycles. The van der Waals surface area contributed by atoms with Crippen LogP contribution in [0.25, 0.3) is 0 Å². The molecule has 1 aromatic rings. The van der Waals surface area contributed by atoms with Crippen molar-refractivity contribution >= 4 is 21.6 Å². The molecule has 0 bridgehead atoms. The fraction of sp³-hybridized carbons (Fsp3) is 0.636. The molecule has 1 saturated heterocycles. The summed E-state index contributed by atoms with van der Waals surface area (Å²) >= 11 is 0. The molecule has 1 amide bonds. The van der Waals surface area contributed by atoms with Crippen molar-refractivity contribution in [1.29, 1.82) is 0 Å². The van der Waals surface area contributed by atoms with E-state index in [4.69, 9.17) is 5.14 Å². The van der Waals surface area contributed by atoms with E-state index in [9.17, 15) is 13.2 Å². The second kappa shape index (κ2) is 4.61. The molecule has 0 saturated carbocycles. The third-order valence-corrected chi connectivity index (χ3v) is 4.35. The van der Waals surface area contributed by atoms with Crippen molar-refractivity contribution in [3.63, 3.8) is 0 Å². The van der Waals surface area contributed by atoms with Crippen LogP contribution < -0.4 is 10.0 Å². The molecule has 2 rings (SSSR count). The number of hydrogen-bond acceptors (Lipinski definition) is 4. The van der Waals surface area contributed by atoms with E-state index in [0.717, 1.165) is 17.1 Å². The van der Waals surface area contributed by atoms with E-state index < -0.39 is 10.0 Å². The standard InChI is InChI=1S/C11H18N4O3S/c1-7-11(8(2)14(3)13-7)15-5-9(4-10(15)16)6-19(12,17)18/h9H,4-6H2,1-3H3,(H2,12,17,18). The van der Waals surface area contributed by atoms with Gasteiger partial charge in [0.05, 0.1) is 22.8 Å². The van der Waals surface area contributed by atoms with Gasteiger partial charge in [0.15, 0.2) is 0 Å². The van der Waals surface area contributed by atoms with Gasteiger partial charge in [-0.3, -0.25) is 9.48 Å². The van der Waals surface area contributed by atoms with Gasteiger partial charge in [0, 0.05) is 25.9 Å². The lowest BCUT2D eigenvalue weighted by atomic mass is 10.1. The number of nitrogens with two attached hydrogens (primary N) is 1. The molecular formula is C11H18N4O3S. The fourth-order valence-corrected chi connectivity index (χ4v) is 3.47. The Labute approximate surface area is 112 Å². The molecule has 0 spiro atoms. The van der Waals surface area contributed by atoms with Crippen molar-refractivity contribution in [1.82, 2.24) is 9.78 Å². The molecule has 8 heteroatoms. The van der Waals surface area contributed by atoms with Crippen LogP contribution >= 0.6 is 0 Å². The topological polar surface area (TPSA) is 98.3 Å². The highest BCUT2D eigenvalue weighted by Crippen LogP contribution is 2.30. The maximum Gasteiger partial charge on any atom is 0.227 e. The Bertz CT molecular complexity index is 620. The summed E-state index contributed by atoms with van der Waals surface area (Å²) in [6.07, 6.45) is 0.213. The Morgan fingerprint density at radius 1 is 1.42 bits per heavy atom. The summed E-state index contributed by atoms with van der Waals surface area (Å²) in [7, 11) is -1.74. The van der Waals surface area contributed by atoms with Crippen molar-refractivity contribution in [2.75, 3.05) is 17.2 Å². The predicted octanol–water partition coefficient (Wildman–Crippen LogP) is -0.322. The zero-order valence-electron chi connectivity index (χ0n) is 11.3. The summed E-state index contributed by atoms with van der Waals surface area (Å²) < 4.78 is 23.9. The second-order valence-corrected chi connectivity index (χ2v) is 6.71. The number of primary sulfonamides is 1. The predicted molar refractivity (Wildman–Crippen MR) is 71.1 cm³/mol. The quantitative estimate of drug-likeness (QED) is 0.823. The number of aromatic nitrogens is 2. The number of hydrogen-bond donors (Lipinski definition) is 1. The third kappa shape index (κ3) is 2.79. The Hall–Kier alpha value is -1.41. The molecular weight excluding hydrogens is 268 g/mol. The minimum atomic E-state index is -3.55. The van der Waals surface area contributed by atoms with Gasteiger partial charge in [0.25, 0.3) is 0 Å². The Balaban J connectivity index is 2.25. The first-order valence-corrected chi connectivity index (χ1v) is 7.71. The van der Waals surface area contributed by atoms with Gasteiger partial charge < -0.3 is 4.90 Å². The lowest BCUT2D eigenvalue weighted by molar-refractivity contribution is -0.117. The number of nitrogens with zero attached hydrogens (tertiary/aromatic N) is 3. The fourth-order valence-electron chi connectivity index (χ4n) is 2.59. The average Bonchev–Trinajstić information content (AvgIpc) is 2.67. The molecule has 1 atom stereocenters. The van der Waals surface area contributed by atoms with Crippen LogP contribution in [0.3, 0.4) is 0 Å². The van der Waals surface area contributed by atoms with Crippen LogP contribution in [0.1, 0.15) is 17.8 Å². The van der Waals surface area contributed by atoms with E-state index in [2.05, 4.69) is 5.10 Å². The van der Waals surface area contributed by atoms with E-state index in [1.807, 2.05) is 20.9 Å². The Morgan fingerprint density at radius 2 is 2.05 bits per heavy atom. The smallest absolute Gasteiger partial charge is 0.227 e. The highest BCUT2D eigenvalue weighted by Gasteiger charge is 2.35. The van der Waals surface area contributed by atoms with Crippen molar-refractivity contribution in [3.05, 3.63) is 11.4 Å². The van der Waals surface area contributed by atoms with Crippen LogP contribution in [0.5, 0.6) is 0 Å². The average molecular weight is 286 g/mol. The van der Waals surface area contributed by atoms with Crippen molar-refractivity contribution in [2.45, 2.75) is 20.3 Å². The van der Waals surface area contributed by atoms with Crippen LogP contribution in [0.4, 0.5) is 5.69 Å². The number of rotatable bonds is 3. The summed E-state index contributed by atoms with van der Waals surface area (Å²) in [6.45, 7) is 4.10. The second-order valence-electron chi connectivity index (χ2n) is 5.05. The van der Waals surface area contributed by atoms with E-state index >= 15 is 0 Å². The van der Waals surface area contributed by atoms with Crippen molar-refractivity contribution < 1.29 is 13.2 Å². The molecule has 1 fully saturated rings. The normalized spacial score (nSPS) is 20.3. The number of carbonyl (C=O) groups excluding carboxylic acids is 1. The first-order valence-electron chi connectivity index (χ1n) is 6.00. The molecule has 19 heavy (non-hydrogen) atoms. The lowest BCUT2D eigenvalue weighted by Crippen LogP contribution is -2.28. The highest BCUT2D eigenvalue weighted by atomic mass is 32.2. The molecule has 0 radical (unpaired) electrons. The lowest BCUT2D eigenvalue weighted by Gasteiger charge is -2.17. The molecule has 0 aliphatic carbocycles. The number of aryl methyl sites for hydroxylation is 2. The molecule has 106 valence electrons. The number of amides is 1. The summed E-state index contributed by atoms with van der Waals surface area (Å²) in [5.74, 6) is -0.484. The van der Waals surface area contributed by atoms with Crippen LogP contribution in [0, 0.1) is 19.8 Å². The van der Waals surface area contributed by atoms with E-state index in [0.29, 0.717) is 6.54 Å². The van der Waals surface area contributed by atoms with Crippen LogP contribution in [-0.4, -0.2) is 36.4 Å². The number of sulfonamides is 1. The molecule has 0 aromatic carbocycles. The largest absolute Gasteiger partial charge is 0.309 e. The van der Waals surface area contributed by atoms with Gasteiger partial charge in [-0.15, -0.1) is 0 Å².